The number of anilines is 2. The monoisotopic (exact) mass is 435 g/mol. The van der Waals surface area contributed by atoms with Gasteiger partial charge in [-0.2, -0.15) is 0 Å². The van der Waals surface area contributed by atoms with E-state index in [4.69, 9.17) is 4.74 Å². The molecular formula is C21H26FN3O4S. The van der Waals surface area contributed by atoms with Crippen LogP contribution in [-0.2, 0) is 15.6 Å². The van der Waals surface area contributed by atoms with Gasteiger partial charge in [0.25, 0.3) is 0 Å². The average Bonchev–Trinajstić information content (AvgIpc) is 3.18. The van der Waals surface area contributed by atoms with Crippen molar-refractivity contribution in [2.75, 3.05) is 22.9 Å². The summed E-state index contributed by atoms with van der Waals surface area (Å²) in [6.07, 6.45) is 3.48. The molecule has 3 rings (SSSR count). The first kappa shape index (κ1) is 21.9. The fourth-order valence-electron chi connectivity index (χ4n) is 3.71. The van der Waals surface area contributed by atoms with E-state index in [-0.39, 0.29) is 11.6 Å². The zero-order valence-corrected chi connectivity index (χ0v) is 17.8. The van der Waals surface area contributed by atoms with Gasteiger partial charge in [0.2, 0.25) is 10.0 Å². The van der Waals surface area contributed by atoms with E-state index in [9.17, 15) is 17.6 Å². The third-order valence-corrected chi connectivity index (χ3v) is 6.60. The summed E-state index contributed by atoms with van der Waals surface area (Å²) in [5, 5.41) is 5.82. The molecule has 0 bridgehead atoms. The summed E-state index contributed by atoms with van der Waals surface area (Å²) in [4.78, 5) is 12.7. The molecule has 0 aliphatic heterocycles. The molecule has 0 radical (unpaired) electrons. The molecule has 0 aromatic heterocycles. The molecule has 0 spiro atoms. The first-order chi connectivity index (χ1) is 14.3. The third kappa shape index (κ3) is 5.02. The van der Waals surface area contributed by atoms with E-state index >= 15 is 0 Å². The van der Waals surface area contributed by atoms with Gasteiger partial charge in [0, 0.05) is 11.8 Å². The Morgan fingerprint density at radius 1 is 1.13 bits per heavy atom. The minimum atomic E-state index is -3.46. The molecule has 2 aromatic rings. The van der Waals surface area contributed by atoms with Crippen LogP contribution in [0.25, 0.3) is 0 Å². The fraction of sp³-hybridized carbons (Fsp3) is 0.381. The van der Waals surface area contributed by atoms with Crippen molar-refractivity contribution in [3.05, 3.63) is 53.8 Å². The predicted octanol–water partition coefficient (Wildman–Crippen LogP) is 4.19. The Balaban J connectivity index is 1.75. The van der Waals surface area contributed by atoms with E-state index in [1.165, 1.54) is 32.2 Å². The molecule has 9 heteroatoms. The first-order valence-corrected chi connectivity index (χ1v) is 11.5. The first-order valence-electron chi connectivity index (χ1n) is 9.81. The summed E-state index contributed by atoms with van der Waals surface area (Å²) in [6, 6.07) is 10.5. The lowest BCUT2D eigenvalue weighted by Crippen LogP contribution is -2.45. The second kappa shape index (κ2) is 8.91. The highest BCUT2D eigenvalue weighted by atomic mass is 32.2. The number of ether oxygens (including phenoxy) is 1. The Morgan fingerprint density at radius 2 is 1.80 bits per heavy atom. The molecule has 7 nitrogen and oxygen atoms in total. The Hall–Kier alpha value is -2.81. The smallest absolute Gasteiger partial charge is 0.319 e. The van der Waals surface area contributed by atoms with Crippen molar-refractivity contribution < 1.29 is 22.3 Å². The van der Waals surface area contributed by atoms with Crippen LogP contribution in [0.3, 0.4) is 0 Å². The van der Waals surface area contributed by atoms with E-state index in [1.807, 2.05) is 0 Å². The lowest BCUT2D eigenvalue weighted by Gasteiger charge is -2.31. The SMILES string of the molecule is CCS(=O)(=O)Nc1ccc(NC(=O)NC2(c3ccc(F)cc3)CCCC2)cc1OC. The number of nitrogens with one attached hydrogen (secondary N) is 3. The molecule has 2 aromatic carbocycles. The number of methoxy groups -OCH3 is 1. The maximum Gasteiger partial charge on any atom is 0.319 e. The molecule has 0 atom stereocenters. The number of hydrogen-bond donors (Lipinski definition) is 3. The van der Waals surface area contributed by atoms with Crippen molar-refractivity contribution >= 4 is 27.4 Å². The van der Waals surface area contributed by atoms with E-state index in [1.54, 1.807) is 24.3 Å². The summed E-state index contributed by atoms with van der Waals surface area (Å²) in [5.41, 5.74) is 1.08. The number of benzene rings is 2. The van der Waals surface area contributed by atoms with Gasteiger partial charge in [0.05, 0.1) is 24.1 Å². The van der Waals surface area contributed by atoms with Crippen molar-refractivity contribution in [3.63, 3.8) is 0 Å². The van der Waals surface area contributed by atoms with Crippen molar-refractivity contribution in [2.45, 2.75) is 38.1 Å². The molecule has 0 heterocycles. The molecule has 1 aliphatic rings. The number of carbonyl (C=O) groups excluding carboxylic acids is 1. The highest BCUT2D eigenvalue weighted by Crippen LogP contribution is 2.39. The molecule has 1 aliphatic carbocycles. The number of amides is 2. The highest BCUT2D eigenvalue weighted by Gasteiger charge is 2.37. The summed E-state index contributed by atoms with van der Waals surface area (Å²) >= 11 is 0. The summed E-state index contributed by atoms with van der Waals surface area (Å²) in [7, 11) is -2.03. The van der Waals surface area contributed by atoms with E-state index in [2.05, 4.69) is 15.4 Å². The maximum absolute atomic E-state index is 13.3. The predicted molar refractivity (Wildman–Crippen MR) is 115 cm³/mol. The van der Waals surface area contributed by atoms with Crippen LogP contribution in [-0.4, -0.2) is 27.3 Å². The van der Waals surface area contributed by atoms with Crippen LogP contribution >= 0.6 is 0 Å². The van der Waals surface area contributed by atoms with Gasteiger partial charge in [-0.25, -0.2) is 17.6 Å². The zero-order valence-electron chi connectivity index (χ0n) is 17.0. The van der Waals surface area contributed by atoms with Crippen molar-refractivity contribution in [3.8, 4) is 5.75 Å². The van der Waals surface area contributed by atoms with Crippen LogP contribution in [0.2, 0.25) is 0 Å². The van der Waals surface area contributed by atoms with Gasteiger partial charge >= 0.3 is 6.03 Å². The number of urea groups is 1. The molecule has 0 unspecified atom stereocenters. The van der Waals surface area contributed by atoms with Crippen LogP contribution in [0, 0.1) is 5.82 Å². The number of hydrogen-bond acceptors (Lipinski definition) is 4. The minimum Gasteiger partial charge on any atom is -0.494 e. The Morgan fingerprint density at radius 3 is 2.40 bits per heavy atom. The van der Waals surface area contributed by atoms with Gasteiger partial charge in [-0.1, -0.05) is 25.0 Å². The lowest BCUT2D eigenvalue weighted by molar-refractivity contribution is 0.236. The van der Waals surface area contributed by atoms with Gasteiger partial charge in [-0.3, -0.25) is 4.72 Å². The van der Waals surface area contributed by atoms with Crippen LogP contribution in [0.4, 0.5) is 20.6 Å². The maximum atomic E-state index is 13.3. The number of sulfonamides is 1. The molecule has 0 saturated heterocycles. The Bertz CT molecular complexity index is 1000. The number of rotatable bonds is 7. The Labute approximate surface area is 176 Å². The topological polar surface area (TPSA) is 96.5 Å². The zero-order chi connectivity index (χ0) is 21.8. The van der Waals surface area contributed by atoms with Gasteiger partial charge < -0.3 is 15.4 Å². The molecule has 2 amide bonds. The van der Waals surface area contributed by atoms with Crippen molar-refractivity contribution in [1.29, 1.82) is 0 Å². The second-order valence-electron chi connectivity index (χ2n) is 7.30. The molecular weight excluding hydrogens is 409 g/mol. The largest absolute Gasteiger partial charge is 0.494 e. The summed E-state index contributed by atoms with van der Waals surface area (Å²) < 4.78 is 44.7. The van der Waals surface area contributed by atoms with Gasteiger partial charge in [-0.05, 0) is 49.6 Å². The standard InChI is InChI=1S/C21H26FN3O4S/c1-3-30(27,28)25-18-11-10-17(14-19(18)29-2)23-20(26)24-21(12-4-5-13-21)15-6-8-16(22)9-7-15/h6-11,14,25H,3-5,12-13H2,1-2H3,(H2,23,24,26). The normalized spacial score (nSPS) is 15.4. The highest BCUT2D eigenvalue weighted by molar-refractivity contribution is 7.92. The van der Waals surface area contributed by atoms with E-state index in [0.717, 1.165) is 31.2 Å². The summed E-state index contributed by atoms with van der Waals surface area (Å²) in [6.45, 7) is 1.54. The fourth-order valence-corrected chi connectivity index (χ4v) is 4.35. The third-order valence-electron chi connectivity index (χ3n) is 5.31. The van der Waals surface area contributed by atoms with Gasteiger partial charge in [0.1, 0.15) is 11.6 Å². The van der Waals surface area contributed by atoms with Crippen LogP contribution < -0.4 is 20.1 Å². The lowest BCUT2D eigenvalue weighted by atomic mass is 9.88. The minimum absolute atomic E-state index is 0.0654. The molecule has 162 valence electrons. The van der Waals surface area contributed by atoms with Gasteiger partial charge in [-0.15, -0.1) is 0 Å². The van der Waals surface area contributed by atoms with Crippen LogP contribution in [0.5, 0.6) is 5.75 Å². The summed E-state index contributed by atoms with van der Waals surface area (Å²) in [5.74, 6) is -0.0921. The van der Waals surface area contributed by atoms with Crippen LogP contribution in [0.15, 0.2) is 42.5 Å². The van der Waals surface area contributed by atoms with Gasteiger partial charge in [0.15, 0.2) is 0 Å². The molecule has 30 heavy (non-hydrogen) atoms. The molecule has 1 fully saturated rings. The Kier molecular flexibility index (Phi) is 6.50. The van der Waals surface area contributed by atoms with Crippen molar-refractivity contribution in [2.24, 2.45) is 0 Å². The van der Waals surface area contributed by atoms with E-state index < -0.39 is 21.6 Å². The van der Waals surface area contributed by atoms with E-state index in [0.29, 0.717) is 17.1 Å². The van der Waals surface area contributed by atoms with Crippen molar-refractivity contribution in [1.82, 2.24) is 5.32 Å². The number of carbonyl (C=O) groups is 1. The second-order valence-corrected chi connectivity index (χ2v) is 9.31. The molecule has 1 saturated carbocycles. The molecule has 3 N–H and O–H groups in total. The quantitative estimate of drug-likeness (QED) is 0.608. The number of halogens is 1. The van der Waals surface area contributed by atoms with Crippen LogP contribution in [0.1, 0.15) is 38.2 Å². The average molecular weight is 436 g/mol.